The molecule has 1 nitrogen and oxygen atoms in total. The first-order valence-corrected chi connectivity index (χ1v) is 9.79. The Balaban J connectivity index is 1.45. The lowest BCUT2D eigenvalue weighted by atomic mass is 10.0. The first-order chi connectivity index (χ1) is 10.4. The van der Waals surface area contributed by atoms with Crippen molar-refractivity contribution in [3.8, 4) is 0 Å². The number of benzene rings is 1. The highest BCUT2D eigenvalue weighted by atomic mass is 32.2. The summed E-state index contributed by atoms with van der Waals surface area (Å²) < 4.78 is 0. The average Bonchev–Trinajstić information content (AvgIpc) is 2.88. The van der Waals surface area contributed by atoms with Gasteiger partial charge >= 0.3 is 0 Å². The molecule has 2 aliphatic carbocycles. The second kappa shape index (κ2) is 8.12. The molecule has 0 amide bonds. The molecule has 0 spiro atoms. The number of hydrogen-bond acceptors (Lipinski definition) is 2. The van der Waals surface area contributed by atoms with E-state index in [2.05, 4.69) is 41.3 Å². The summed E-state index contributed by atoms with van der Waals surface area (Å²) in [6.45, 7) is 1.16. The summed E-state index contributed by atoms with van der Waals surface area (Å²) in [6, 6.07) is 9.15. The fraction of sp³-hybridized carbons (Fsp3) is 0.684. The number of nitrogens with one attached hydrogen (secondary N) is 1. The van der Waals surface area contributed by atoms with E-state index in [9.17, 15) is 0 Å². The molecule has 2 aliphatic rings. The molecule has 0 bridgehead atoms. The zero-order valence-electron chi connectivity index (χ0n) is 13.2. The minimum Gasteiger partial charge on any atom is -0.385 e. The van der Waals surface area contributed by atoms with Crippen LogP contribution in [0.3, 0.4) is 0 Å². The van der Waals surface area contributed by atoms with E-state index in [0.717, 1.165) is 17.7 Å². The van der Waals surface area contributed by atoms with E-state index in [1.54, 1.807) is 0 Å². The van der Waals surface area contributed by atoms with E-state index >= 15 is 0 Å². The second-order valence-corrected chi connectivity index (χ2v) is 8.16. The predicted octanol–water partition coefficient (Wildman–Crippen LogP) is 6.10. The Labute approximate surface area is 134 Å². The highest BCUT2D eigenvalue weighted by Crippen LogP contribution is 2.35. The van der Waals surface area contributed by atoms with Crippen LogP contribution in [0.1, 0.15) is 64.2 Å². The molecule has 0 unspecified atom stereocenters. The van der Waals surface area contributed by atoms with Crippen molar-refractivity contribution in [2.45, 2.75) is 74.4 Å². The van der Waals surface area contributed by atoms with Gasteiger partial charge < -0.3 is 5.32 Å². The van der Waals surface area contributed by atoms with Crippen molar-refractivity contribution in [3.05, 3.63) is 24.3 Å². The van der Waals surface area contributed by atoms with Crippen LogP contribution in [0.5, 0.6) is 0 Å². The quantitative estimate of drug-likeness (QED) is 0.659. The van der Waals surface area contributed by atoms with Gasteiger partial charge in [0.25, 0.3) is 0 Å². The van der Waals surface area contributed by atoms with Crippen molar-refractivity contribution in [1.82, 2.24) is 0 Å². The summed E-state index contributed by atoms with van der Waals surface area (Å²) in [5.74, 6) is 0.889. The van der Waals surface area contributed by atoms with Crippen LogP contribution >= 0.6 is 11.8 Å². The minimum absolute atomic E-state index is 0.870. The van der Waals surface area contributed by atoms with Crippen LogP contribution in [0.15, 0.2) is 29.2 Å². The molecule has 1 N–H and O–H groups in total. The third-order valence-corrected chi connectivity index (χ3v) is 6.38. The van der Waals surface area contributed by atoms with Crippen LogP contribution in [-0.2, 0) is 0 Å². The van der Waals surface area contributed by atoms with E-state index < -0.39 is 0 Å². The van der Waals surface area contributed by atoms with Gasteiger partial charge in [-0.3, -0.25) is 0 Å². The van der Waals surface area contributed by atoms with Crippen LogP contribution in [0.2, 0.25) is 0 Å². The van der Waals surface area contributed by atoms with Gasteiger partial charge in [-0.05, 0) is 55.9 Å². The average molecular weight is 304 g/mol. The Morgan fingerprint density at radius 1 is 0.810 bits per heavy atom. The monoisotopic (exact) mass is 303 g/mol. The largest absolute Gasteiger partial charge is 0.385 e. The molecule has 0 atom stereocenters. The normalized spacial score (nSPS) is 21.3. The van der Waals surface area contributed by atoms with Gasteiger partial charge in [0.2, 0.25) is 0 Å². The lowest BCUT2D eigenvalue weighted by molar-refractivity contribution is 0.483. The third-order valence-electron chi connectivity index (χ3n) is 5.03. The summed E-state index contributed by atoms with van der Waals surface area (Å²) >= 11 is 2.08. The van der Waals surface area contributed by atoms with Crippen molar-refractivity contribution in [1.29, 1.82) is 0 Å². The van der Waals surface area contributed by atoms with E-state index in [1.165, 1.54) is 74.8 Å². The zero-order chi connectivity index (χ0) is 14.3. The molecule has 21 heavy (non-hydrogen) atoms. The standard InChI is InChI=1S/C19H29NS/c1-2-4-8-16(7-3-1)15-20-17-11-13-19(14-12-17)21-18-9-5-6-10-18/h11-14,16,18,20H,1-10,15H2. The van der Waals surface area contributed by atoms with E-state index in [-0.39, 0.29) is 0 Å². The highest BCUT2D eigenvalue weighted by molar-refractivity contribution is 8.00. The maximum atomic E-state index is 3.65. The molecule has 0 aliphatic heterocycles. The first kappa shape index (κ1) is 15.3. The Kier molecular flexibility index (Phi) is 5.91. The van der Waals surface area contributed by atoms with Gasteiger partial charge in [0.1, 0.15) is 0 Å². The van der Waals surface area contributed by atoms with Crippen LogP contribution in [0.4, 0.5) is 5.69 Å². The van der Waals surface area contributed by atoms with Crippen LogP contribution in [0.25, 0.3) is 0 Å². The first-order valence-electron chi connectivity index (χ1n) is 8.91. The Morgan fingerprint density at radius 2 is 1.43 bits per heavy atom. The summed E-state index contributed by atoms with van der Waals surface area (Å²) in [4.78, 5) is 1.45. The van der Waals surface area contributed by atoms with Crippen LogP contribution in [-0.4, -0.2) is 11.8 Å². The molecule has 0 radical (unpaired) electrons. The van der Waals surface area contributed by atoms with E-state index in [0.29, 0.717) is 0 Å². The molecule has 1 aromatic rings. The smallest absolute Gasteiger partial charge is 0.0341 e. The molecule has 0 saturated heterocycles. The Hall–Kier alpha value is -0.630. The van der Waals surface area contributed by atoms with E-state index in [1.807, 2.05) is 0 Å². The zero-order valence-corrected chi connectivity index (χ0v) is 14.0. The molecule has 116 valence electrons. The number of anilines is 1. The van der Waals surface area contributed by atoms with Crippen molar-refractivity contribution < 1.29 is 0 Å². The molecule has 3 rings (SSSR count). The fourth-order valence-corrected chi connectivity index (χ4v) is 4.93. The van der Waals surface area contributed by atoms with Gasteiger partial charge in [-0.1, -0.05) is 38.5 Å². The Morgan fingerprint density at radius 3 is 2.10 bits per heavy atom. The lowest BCUT2D eigenvalue weighted by Gasteiger charge is -2.16. The highest BCUT2D eigenvalue weighted by Gasteiger charge is 2.16. The molecule has 2 fully saturated rings. The van der Waals surface area contributed by atoms with Crippen molar-refractivity contribution in [3.63, 3.8) is 0 Å². The molecule has 0 heterocycles. The molecule has 1 aromatic carbocycles. The van der Waals surface area contributed by atoms with Crippen LogP contribution in [0, 0.1) is 5.92 Å². The van der Waals surface area contributed by atoms with Crippen LogP contribution < -0.4 is 5.32 Å². The summed E-state index contributed by atoms with van der Waals surface area (Å²) in [6.07, 6.45) is 14.3. The summed E-state index contributed by atoms with van der Waals surface area (Å²) in [5, 5.41) is 4.52. The van der Waals surface area contributed by atoms with Crippen molar-refractivity contribution in [2.24, 2.45) is 5.92 Å². The summed E-state index contributed by atoms with van der Waals surface area (Å²) in [5.41, 5.74) is 1.30. The SMILES string of the molecule is c1cc(SC2CCCC2)ccc1NCC1CCCCCC1. The van der Waals surface area contributed by atoms with Crippen molar-refractivity contribution in [2.75, 3.05) is 11.9 Å². The molecule has 2 heteroatoms. The molecular weight excluding hydrogens is 274 g/mol. The number of rotatable bonds is 5. The number of hydrogen-bond donors (Lipinski definition) is 1. The predicted molar refractivity (Wildman–Crippen MR) is 94.2 cm³/mol. The Bertz CT molecular complexity index is 400. The van der Waals surface area contributed by atoms with E-state index in [4.69, 9.17) is 0 Å². The van der Waals surface area contributed by atoms with Gasteiger partial charge in [-0.15, -0.1) is 11.8 Å². The lowest BCUT2D eigenvalue weighted by Crippen LogP contribution is -2.13. The molecular formula is C19H29NS. The van der Waals surface area contributed by atoms with Gasteiger partial charge in [-0.2, -0.15) is 0 Å². The van der Waals surface area contributed by atoms with Crippen molar-refractivity contribution >= 4 is 17.4 Å². The maximum absolute atomic E-state index is 3.65. The molecule has 0 aromatic heterocycles. The second-order valence-electron chi connectivity index (χ2n) is 6.79. The topological polar surface area (TPSA) is 12.0 Å². The van der Waals surface area contributed by atoms with Gasteiger partial charge in [-0.25, -0.2) is 0 Å². The fourth-order valence-electron chi connectivity index (χ4n) is 3.68. The maximum Gasteiger partial charge on any atom is 0.0341 e. The molecule has 2 saturated carbocycles. The van der Waals surface area contributed by atoms with Gasteiger partial charge in [0, 0.05) is 22.4 Å². The minimum atomic E-state index is 0.870. The number of thioether (sulfide) groups is 1. The summed E-state index contributed by atoms with van der Waals surface area (Å²) in [7, 11) is 0. The van der Waals surface area contributed by atoms with Gasteiger partial charge in [0.15, 0.2) is 0 Å². The van der Waals surface area contributed by atoms with Gasteiger partial charge in [0.05, 0.1) is 0 Å². The third kappa shape index (κ3) is 4.95.